The van der Waals surface area contributed by atoms with Crippen LogP contribution in [0.15, 0.2) is 0 Å². The second-order valence-corrected chi connectivity index (χ2v) is 8.32. The van der Waals surface area contributed by atoms with Crippen LogP contribution in [0, 0.1) is 5.92 Å². The van der Waals surface area contributed by atoms with E-state index in [0.29, 0.717) is 0 Å². The Balaban J connectivity index is 1.94. The van der Waals surface area contributed by atoms with Gasteiger partial charge >= 0.3 is 6.47 Å². The molecule has 0 bridgehead atoms. The minimum Gasteiger partial charge on any atom is -0.450 e. The predicted octanol–water partition coefficient (Wildman–Crippen LogP) is 4.08. The third-order valence-electron chi connectivity index (χ3n) is 5.86. The van der Waals surface area contributed by atoms with Crippen LogP contribution in [-0.4, -0.2) is 48.8 Å². The molecule has 139 valence electrons. The molecule has 2 aliphatic rings. The molecule has 2 rings (SSSR count). The molecule has 2 fully saturated rings. The van der Waals surface area contributed by atoms with Crippen molar-refractivity contribution >= 4 is 6.47 Å². The number of nitrogens with zero attached hydrogens (tertiary/aromatic N) is 1. The monoisotopic (exact) mass is 338 g/mol. The molecule has 0 aromatic carbocycles. The highest BCUT2D eigenvalue weighted by atomic mass is 16.5. The van der Waals surface area contributed by atoms with Crippen LogP contribution in [0.3, 0.4) is 0 Å². The molecule has 4 heteroatoms. The summed E-state index contributed by atoms with van der Waals surface area (Å²) in [6, 6.07) is 0. The van der Waals surface area contributed by atoms with Crippen molar-refractivity contribution < 1.29 is 14.3 Å². The van der Waals surface area contributed by atoms with E-state index >= 15 is 0 Å². The average molecular weight is 339 g/mol. The van der Waals surface area contributed by atoms with E-state index in [4.69, 9.17) is 9.47 Å². The Kier molecular flexibility index (Phi) is 7.55. The van der Waals surface area contributed by atoms with E-state index in [9.17, 15) is 4.79 Å². The largest absolute Gasteiger partial charge is 0.450 e. The van der Waals surface area contributed by atoms with Crippen molar-refractivity contribution in [2.24, 2.45) is 5.92 Å². The topological polar surface area (TPSA) is 38.8 Å². The molecule has 4 nitrogen and oxygen atoms in total. The maximum atomic E-state index is 10.5. The van der Waals surface area contributed by atoms with E-state index in [1.807, 2.05) is 13.8 Å². The van der Waals surface area contributed by atoms with Crippen molar-refractivity contribution in [2.45, 2.75) is 89.8 Å². The molecule has 0 aromatic heterocycles. The smallest absolute Gasteiger partial charge is 0.418 e. The highest BCUT2D eigenvalue weighted by molar-refractivity contribution is 5.39. The fraction of sp³-hybridized carbons (Fsp3) is 0.950. The number of likely N-dealkylation sites (tertiary alicyclic amines) is 1. The van der Waals surface area contributed by atoms with E-state index in [-0.39, 0.29) is 5.60 Å². The van der Waals surface area contributed by atoms with Crippen LogP contribution in [0.5, 0.6) is 0 Å². The molecule has 1 aliphatic heterocycles. The molecule has 0 amide bonds. The Morgan fingerprint density at radius 1 is 1.17 bits per heavy atom. The molecule has 1 saturated carbocycles. The van der Waals surface area contributed by atoms with Gasteiger partial charge in [-0.3, -0.25) is 4.90 Å². The number of unbranched alkanes of at least 4 members (excludes halogenated alkanes) is 1. The van der Waals surface area contributed by atoms with Crippen molar-refractivity contribution in [3.63, 3.8) is 0 Å². The summed E-state index contributed by atoms with van der Waals surface area (Å²) in [5, 5.41) is 0. The molecule has 0 unspecified atom stereocenters. The van der Waals surface area contributed by atoms with Gasteiger partial charge in [0.25, 0.3) is 0 Å². The minimum absolute atomic E-state index is 0.0911. The summed E-state index contributed by atoms with van der Waals surface area (Å²) >= 11 is 0. The summed E-state index contributed by atoms with van der Waals surface area (Å²) in [4.78, 5) is 13.0. The van der Waals surface area contributed by atoms with E-state index in [0.717, 1.165) is 51.4 Å². The summed E-state index contributed by atoms with van der Waals surface area (Å²) in [5.41, 5.74) is -0.371. The summed E-state index contributed by atoms with van der Waals surface area (Å²) < 4.78 is 11.7. The highest BCUT2D eigenvalue weighted by Crippen LogP contribution is 2.42. The van der Waals surface area contributed by atoms with Gasteiger partial charge in [-0.05, 0) is 51.9 Å². The lowest BCUT2D eigenvalue weighted by Gasteiger charge is -2.48. The third kappa shape index (κ3) is 5.45. The molecule has 0 N–H and O–H groups in total. The predicted molar refractivity (Wildman–Crippen MR) is 96.7 cm³/mol. The number of carbonyl (C=O) groups excluding carboxylic acids is 1. The fourth-order valence-corrected chi connectivity index (χ4v) is 4.49. The number of rotatable bonds is 9. The van der Waals surface area contributed by atoms with Gasteiger partial charge in [0.2, 0.25) is 0 Å². The fourth-order valence-electron chi connectivity index (χ4n) is 4.49. The lowest BCUT2D eigenvalue weighted by molar-refractivity contribution is -0.133. The van der Waals surface area contributed by atoms with Gasteiger partial charge in [-0.25, -0.2) is 4.79 Å². The first-order chi connectivity index (χ1) is 11.5. The van der Waals surface area contributed by atoms with Gasteiger partial charge in [0.05, 0.1) is 5.60 Å². The minimum atomic E-state index is -0.463. The molecule has 24 heavy (non-hydrogen) atoms. The maximum absolute atomic E-state index is 10.5. The lowest BCUT2D eigenvalue weighted by atomic mass is 9.72. The quantitative estimate of drug-likeness (QED) is 0.594. The summed E-state index contributed by atoms with van der Waals surface area (Å²) in [6.07, 6.45) is 11.4. The van der Waals surface area contributed by atoms with Gasteiger partial charge in [-0.1, -0.05) is 32.6 Å². The van der Waals surface area contributed by atoms with Gasteiger partial charge in [-0.15, -0.1) is 0 Å². The SMILES string of the molecule is CCCCOC1(C2CCCCC2)CCN(CC(C)(C)O[C]=O)CC1. The van der Waals surface area contributed by atoms with E-state index in [2.05, 4.69) is 11.8 Å². The number of hydrogen-bond donors (Lipinski definition) is 0. The maximum Gasteiger partial charge on any atom is 0.418 e. The standard InChI is InChI=1S/C20H36NO3/c1-4-5-15-23-20(18-9-7-6-8-10-18)11-13-21(14-12-20)16-19(2,3)24-17-22/h18H,4-16H2,1-3H3. The zero-order chi connectivity index (χ0) is 17.5. The van der Waals surface area contributed by atoms with Crippen LogP contribution in [0.4, 0.5) is 0 Å². The first-order valence-electron chi connectivity index (χ1n) is 9.93. The molecule has 1 radical (unpaired) electrons. The third-order valence-corrected chi connectivity index (χ3v) is 5.86. The zero-order valence-electron chi connectivity index (χ0n) is 15.9. The van der Waals surface area contributed by atoms with Gasteiger partial charge in [0.1, 0.15) is 5.60 Å². The van der Waals surface area contributed by atoms with E-state index in [1.54, 1.807) is 6.47 Å². The van der Waals surface area contributed by atoms with Crippen LogP contribution in [-0.2, 0) is 14.3 Å². The van der Waals surface area contributed by atoms with Crippen molar-refractivity contribution in [2.75, 3.05) is 26.2 Å². The van der Waals surface area contributed by atoms with Gasteiger partial charge in [0.15, 0.2) is 0 Å². The molecule has 0 aromatic rings. The second kappa shape index (κ2) is 9.19. The normalized spacial score (nSPS) is 23.1. The van der Waals surface area contributed by atoms with Crippen LogP contribution in [0.2, 0.25) is 0 Å². The molecule has 1 saturated heterocycles. The Morgan fingerprint density at radius 3 is 2.42 bits per heavy atom. The Hall–Kier alpha value is -0.610. The molecule has 0 atom stereocenters. The van der Waals surface area contributed by atoms with Crippen molar-refractivity contribution in [1.82, 2.24) is 4.90 Å². The van der Waals surface area contributed by atoms with E-state index in [1.165, 1.54) is 38.5 Å². The van der Waals surface area contributed by atoms with Crippen molar-refractivity contribution in [1.29, 1.82) is 0 Å². The van der Waals surface area contributed by atoms with Crippen molar-refractivity contribution in [3.8, 4) is 0 Å². The number of piperidine rings is 1. The van der Waals surface area contributed by atoms with Gasteiger partial charge in [-0.2, -0.15) is 0 Å². The summed E-state index contributed by atoms with van der Waals surface area (Å²) in [6.45, 7) is 11.5. The second-order valence-electron chi connectivity index (χ2n) is 8.32. The average Bonchev–Trinajstić information content (AvgIpc) is 2.57. The molecule has 1 heterocycles. The Morgan fingerprint density at radius 2 is 1.83 bits per heavy atom. The van der Waals surface area contributed by atoms with Gasteiger partial charge < -0.3 is 9.47 Å². The van der Waals surface area contributed by atoms with Crippen LogP contribution >= 0.6 is 0 Å². The van der Waals surface area contributed by atoms with Gasteiger partial charge in [0, 0.05) is 26.2 Å². The first-order valence-corrected chi connectivity index (χ1v) is 9.93. The molecule has 0 spiro atoms. The molecular formula is C20H36NO3. The Labute approximate surface area is 148 Å². The van der Waals surface area contributed by atoms with E-state index < -0.39 is 5.60 Å². The van der Waals surface area contributed by atoms with Crippen LogP contribution < -0.4 is 0 Å². The lowest BCUT2D eigenvalue weighted by Crippen LogP contribution is -2.53. The van der Waals surface area contributed by atoms with Crippen LogP contribution in [0.25, 0.3) is 0 Å². The highest BCUT2D eigenvalue weighted by Gasteiger charge is 2.43. The molecule has 1 aliphatic carbocycles. The first kappa shape index (κ1) is 19.7. The number of ether oxygens (including phenoxy) is 2. The Bertz CT molecular complexity index is 369. The summed E-state index contributed by atoms with van der Waals surface area (Å²) in [7, 11) is 0. The molecular weight excluding hydrogens is 302 g/mol. The van der Waals surface area contributed by atoms with Crippen molar-refractivity contribution in [3.05, 3.63) is 0 Å². The van der Waals surface area contributed by atoms with Crippen LogP contribution in [0.1, 0.15) is 78.6 Å². The number of hydrogen-bond acceptors (Lipinski definition) is 4. The summed E-state index contributed by atoms with van der Waals surface area (Å²) in [5.74, 6) is 0.734. The zero-order valence-corrected chi connectivity index (χ0v) is 15.9.